The predicted molar refractivity (Wildman–Crippen MR) is 116 cm³/mol. The van der Waals surface area contributed by atoms with Gasteiger partial charge in [-0.2, -0.15) is 0 Å². The highest BCUT2D eigenvalue weighted by molar-refractivity contribution is 14.0. The number of nitrogens with zero attached hydrogens (tertiary/aromatic N) is 1. The summed E-state index contributed by atoms with van der Waals surface area (Å²) in [6.45, 7) is 7.30. The summed E-state index contributed by atoms with van der Waals surface area (Å²) in [4.78, 5) is 4.23. The van der Waals surface area contributed by atoms with Gasteiger partial charge in [0.25, 0.3) is 0 Å². The molecule has 1 fully saturated rings. The smallest absolute Gasteiger partial charge is 0.190 e. The molecule has 0 unspecified atom stereocenters. The van der Waals surface area contributed by atoms with E-state index in [9.17, 15) is 0 Å². The number of aliphatic imine (C=N–C) groups is 1. The number of halogens is 1. The molecule has 0 aliphatic carbocycles. The Hall–Kier alpha value is -0.160. The lowest BCUT2D eigenvalue weighted by atomic mass is 10.0. The number of hydrogen-bond donors (Lipinski definition) is 2. The summed E-state index contributed by atoms with van der Waals surface area (Å²) in [5.74, 6) is 1.53. The van der Waals surface area contributed by atoms with E-state index < -0.39 is 0 Å². The van der Waals surface area contributed by atoms with Gasteiger partial charge in [0.2, 0.25) is 0 Å². The molecule has 0 radical (unpaired) electrons. The normalized spacial score (nSPS) is 15.5. The minimum absolute atomic E-state index is 0. The quantitative estimate of drug-likeness (QED) is 0.169. The maximum atomic E-state index is 5.76. The second-order valence-electron chi connectivity index (χ2n) is 6.22. The van der Waals surface area contributed by atoms with Crippen LogP contribution in [0.25, 0.3) is 0 Å². The molecule has 0 aromatic heterocycles. The van der Waals surface area contributed by atoms with Crippen LogP contribution in [-0.4, -0.2) is 79.5 Å². The maximum Gasteiger partial charge on any atom is 0.190 e. The van der Waals surface area contributed by atoms with E-state index in [-0.39, 0.29) is 24.0 Å². The number of hydrogen-bond acceptors (Lipinski definition) is 5. The summed E-state index contributed by atoms with van der Waals surface area (Å²) in [5.41, 5.74) is 0. The van der Waals surface area contributed by atoms with Crippen LogP contribution in [0.1, 0.15) is 32.1 Å². The largest absolute Gasteiger partial charge is 0.382 e. The van der Waals surface area contributed by atoms with Crippen LogP contribution in [0.15, 0.2) is 4.99 Å². The zero-order chi connectivity index (χ0) is 18.0. The van der Waals surface area contributed by atoms with Crippen LogP contribution in [0.3, 0.4) is 0 Å². The number of rotatable bonds is 14. The van der Waals surface area contributed by atoms with Gasteiger partial charge in [-0.25, -0.2) is 0 Å². The Morgan fingerprint density at radius 1 is 0.962 bits per heavy atom. The lowest BCUT2D eigenvalue weighted by Crippen LogP contribution is -2.38. The van der Waals surface area contributed by atoms with Gasteiger partial charge in [-0.05, 0) is 38.0 Å². The van der Waals surface area contributed by atoms with Crippen molar-refractivity contribution in [3.63, 3.8) is 0 Å². The highest BCUT2D eigenvalue weighted by Crippen LogP contribution is 2.14. The van der Waals surface area contributed by atoms with Crippen LogP contribution in [0.4, 0.5) is 0 Å². The molecule has 1 heterocycles. The molecule has 7 nitrogen and oxygen atoms in total. The van der Waals surface area contributed by atoms with E-state index in [1.807, 2.05) is 0 Å². The maximum absolute atomic E-state index is 5.76. The molecular weight excluding hydrogens is 449 g/mol. The number of nitrogens with one attached hydrogen (secondary N) is 2. The summed E-state index contributed by atoms with van der Waals surface area (Å²) in [6, 6.07) is 0. The third-order valence-corrected chi connectivity index (χ3v) is 4.12. The Morgan fingerprint density at radius 2 is 1.65 bits per heavy atom. The Balaban J connectivity index is 0.00000625. The van der Waals surface area contributed by atoms with Gasteiger partial charge in [0.1, 0.15) is 0 Å². The summed E-state index contributed by atoms with van der Waals surface area (Å²) < 4.78 is 21.5. The second kappa shape index (κ2) is 19.6. The molecule has 1 saturated heterocycles. The second-order valence-corrected chi connectivity index (χ2v) is 6.22. The fourth-order valence-corrected chi connectivity index (χ4v) is 2.54. The Kier molecular flexibility index (Phi) is 19.5. The minimum atomic E-state index is 0. The van der Waals surface area contributed by atoms with Crippen molar-refractivity contribution >= 4 is 29.9 Å². The summed E-state index contributed by atoms with van der Waals surface area (Å²) in [7, 11) is 3.48. The fourth-order valence-electron chi connectivity index (χ4n) is 2.54. The van der Waals surface area contributed by atoms with Gasteiger partial charge in [0, 0.05) is 60.3 Å². The Labute approximate surface area is 176 Å². The van der Waals surface area contributed by atoms with E-state index in [4.69, 9.17) is 18.9 Å². The minimum Gasteiger partial charge on any atom is -0.382 e. The average molecular weight is 487 g/mol. The van der Waals surface area contributed by atoms with Crippen LogP contribution in [0.2, 0.25) is 0 Å². The molecule has 0 spiro atoms. The van der Waals surface area contributed by atoms with Crippen LogP contribution < -0.4 is 10.6 Å². The van der Waals surface area contributed by atoms with Crippen molar-refractivity contribution in [1.82, 2.24) is 10.6 Å². The van der Waals surface area contributed by atoms with Gasteiger partial charge in [-0.15, -0.1) is 24.0 Å². The van der Waals surface area contributed by atoms with Crippen molar-refractivity contribution in [2.45, 2.75) is 32.1 Å². The SMILES string of the molecule is CN=C(NCCCCOCCOC)NCCCOCC1CCOCC1.I. The third kappa shape index (κ3) is 15.0. The first-order valence-corrected chi connectivity index (χ1v) is 9.53. The molecule has 2 N–H and O–H groups in total. The summed E-state index contributed by atoms with van der Waals surface area (Å²) >= 11 is 0. The molecule has 0 atom stereocenters. The van der Waals surface area contributed by atoms with E-state index in [0.29, 0.717) is 19.1 Å². The molecule has 156 valence electrons. The van der Waals surface area contributed by atoms with Gasteiger partial charge in [0.15, 0.2) is 5.96 Å². The highest BCUT2D eigenvalue weighted by Gasteiger charge is 2.13. The molecule has 0 amide bonds. The molecule has 0 bridgehead atoms. The van der Waals surface area contributed by atoms with E-state index in [1.165, 1.54) is 0 Å². The first-order chi connectivity index (χ1) is 12.4. The number of unbranched alkanes of at least 4 members (excludes halogenated alkanes) is 1. The zero-order valence-corrected chi connectivity index (χ0v) is 18.8. The van der Waals surface area contributed by atoms with Crippen molar-refractivity contribution < 1.29 is 18.9 Å². The molecular formula is C18H38IN3O4. The molecule has 26 heavy (non-hydrogen) atoms. The van der Waals surface area contributed by atoms with Gasteiger partial charge in [0.05, 0.1) is 13.2 Å². The van der Waals surface area contributed by atoms with E-state index in [1.54, 1.807) is 14.2 Å². The van der Waals surface area contributed by atoms with Crippen LogP contribution in [0, 0.1) is 5.92 Å². The molecule has 0 aromatic carbocycles. The lowest BCUT2D eigenvalue weighted by molar-refractivity contribution is 0.0203. The number of guanidine groups is 1. The zero-order valence-electron chi connectivity index (χ0n) is 16.5. The van der Waals surface area contributed by atoms with Crippen LogP contribution >= 0.6 is 24.0 Å². The predicted octanol–water partition coefficient (Wildman–Crippen LogP) is 2.05. The molecule has 8 heteroatoms. The first-order valence-electron chi connectivity index (χ1n) is 9.53. The van der Waals surface area contributed by atoms with Crippen molar-refractivity contribution in [2.75, 3.05) is 73.5 Å². The number of methoxy groups -OCH3 is 1. The van der Waals surface area contributed by atoms with Crippen LogP contribution in [-0.2, 0) is 18.9 Å². The van der Waals surface area contributed by atoms with Gasteiger partial charge < -0.3 is 29.6 Å². The van der Waals surface area contributed by atoms with Crippen molar-refractivity contribution in [2.24, 2.45) is 10.9 Å². The molecule has 1 aliphatic heterocycles. The van der Waals surface area contributed by atoms with E-state index in [0.717, 1.165) is 84.2 Å². The molecule has 1 aliphatic rings. The summed E-state index contributed by atoms with van der Waals surface area (Å²) in [6.07, 6.45) is 5.34. The molecule has 1 rings (SSSR count). The standard InChI is InChI=1S/C18H37N3O4.HI/c1-19-18(20-8-3-4-10-23-15-14-22-2)21-9-5-11-25-16-17-6-12-24-13-7-17;/h17H,3-16H2,1-2H3,(H2,19,20,21);1H. The molecule has 0 aromatic rings. The van der Waals surface area contributed by atoms with Crippen molar-refractivity contribution in [3.05, 3.63) is 0 Å². The van der Waals surface area contributed by atoms with Crippen LogP contribution in [0.5, 0.6) is 0 Å². The first kappa shape index (κ1) is 25.8. The monoisotopic (exact) mass is 487 g/mol. The topological polar surface area (TPSA) is 73.3 Å². The highest BCUT2D eigenvalue weighted by atomic mass is 127. The van der Waals surface area contributed by atoms with E-state index in [2.05, 4.69) is 15.6 Å². The fraction of sp³-hybridized carbons (Fsp3) is 0.944. The Morgan fingerprint density at radius 3 is 2.35 bits per heavy atom. The lowest BCUT2D eigenvalue weighted by Gasteiger charge is -2.21. The van der Waals surface area contributed by atoms with Crippen molar-refractivity contribution in [3.8, 4) is 0 Å². The number of ether oxygens (including phenoxy) is 4. The third-order valence-electron chi connectivity index (χ3n) is 4.12. The average Bonchev–Trinajstić information content (AvgIpc) is 2.65. The van der Waals surface area contributed by atoms with Gasteiger partial charge in [-0.3, -0.25) is 4.99 Å². The summed E-state index contributed by atoms with van der Waals surface area (Å²) in [5, 5.41) is 6.64. The van der Waals surface area contributed by atoms with Gasteiger partial charge >= 0.3 is 0 Å². The van der Waals surface area contributed by atoms with E-state index >= 15 is 0 Å². The van der Waals surface area contributed by atoms with Gasteiger partial charge in [-0.1, -0.05) is 0 Å². The molecule has 0 saturated carbocycles. The Bertz CT molecular complexity index is 330. The van der Waals surface area contributed by atoms with Crippen molar-refractivity contribution in [1.29, 1.82) is 0 Å².